The SMILES string of the molecule is CCC(O)(c1cn(C(c2ccn3cccc3c2)(c2ccccc2F)C(C)(C)O)nn1)C(F)(F)F. The molecule has 6 nitrogen and oxygen atoms in total. The Bertz CT molecular complexity index is 1320. The zero-order valence-corrected chi connectivity index (χ0v) is 18.8. The molecule has 0 saturated heterocycles. The molecule has 0 aliphatic heterocycles. The van der Waals surface area contributed by atoms with E-state index in [0.29, 0.717) is 11.1 Å². The maximum Gasteiger partial charge on any atom is 0.423 e. The van der Waals surface area contributed by atoms with Crippen molar-refractivity contribution in [2.24, 2.45) is 0 Å². The number of benzene rings is 1. The monoisotopic (exact) mass is 476 g/mol. The third-order valence-electron chi connectivity index (χ3n) is 6.34. The first-order valence-electron chi connectivity index (χ1n) is 10.6. The first kappa shape index (κ1) is 23.9. The van der Waals surface area contributed by atoms with Gasteiger partial charge in [0, 0.05) is 23.5 Å². The Labute approximate surface area is 193 Å². The molecule has 3 aromatic heterocycles. The van der Waals surface area contributed by atoms with Crippen molar-refractivity contribution in [1.82, 2.24) is 19.4 Å². The van der Waals surface area contributed by atoms with Gasteiger partial charge in [0.2, 0.25) is 5.60 Å². The van der Waals surface area contributed by atoms with E-state index in [2.05, 4.69) is 10.3 Å². The highest BCUT2D eigenvalue weighted by Gasteiger charge is 2.57. The molecule has 0 aliphatic carbocycles. The van der Waals surface area contributed by atoms with E-state index in [9.17, 15) is 23.4 Å². The summed E-state index contributed by atoms with van der Waals surface area (Å²) in [6, 6.07) is 12.6. The molecule has 0 bridgehead atoms. The summed E-state index contributed by atoms with van der Waals surface area (Å²) in [4.78, 5) is 0. The largest absolute Gasteiger partial charge is 0.423 e. The summed E-state index contributed by atoms with van der Waals surface area (Å²) in [5.41, 5.74) is -6.61. The first-order valence-corrected chi connectivity index (χ1v) is 10.6. The lowest BCUT2D eigenvalue weighted by Crippen LogP contribution is -2.54. The van der Waals surface area contributed by atoms with Crippen molar-refractivity contribution in [3.8, 4) is 0 Å². The van der Waals surface area contributed by atoms with E-state index in [1.165, 1.54) is 39.0 Å². The zero-order valence-electron chi connectivity index (χ0n) is 18.8. The van der Waals surface area contributed by atoms with Gasteiger partial charge in [-0.1, -0.05) is 30.3 Å². The number of hydrogen-bond donors (Lipinski definition) is 2. The third-order valence-corrected chi connectivity index (χ3v) is 6.34. The highest BCUT2D eigenvalue weighted by molar-refractivity contribution is 5.54. The minimum Gasteiger partial charge on any atom is -0.387 e. The third kappa shape index (κ3) is 3.40. The highest BCUT2D eigenvalue weighted by Crippen LogP contribution is 2.46. The molecule has 0 fully saturated rings. The van der Waals surface area contributed by atoms with E-state index in [1.54, 1.807) is 47.1 Å². The number of hydrogen-bond acceptors (Lipinski definition) is 4. The summed E-state index contributed by atoms with van der Waals surface area (Å²) >= 11 is 0. The molecule has 0 amide bonds. The van der Waals surface area contributed by atoms with Crippen LogP contribution in [0.1, 0.15) is 44.0 Å². The molecule has 0 radical (unpaired) electrons. The van der Waals surface area contributed by atoms with Crippen LogP contribution in [0.2, 0.25) is 0 Å². The predicted octanol–water partition coefficient (Wildman–Crippen LogP) is 4.39. The number of nitrogens with zero attached hydrogens (tertiary/aromatic N) is 4. The molecule has 3 heterocycles. The Hall–Kier alpha value is -3.24. The minimum absolute atomic E-state index is 0.0260. The Balaban J connectivity index is 2.09. The maximum atomic E-state index is 15.3. The maximum absolute atomic E-state index is 15.3. The van der Waals surface area contributed by atoms with Crippen LogP contribution in [0.3, 0.4) is 0 Å². The van der Waals surface area contributed by atoms with Crippen LogP contribution in [-0.2, 0) is 11.1 Å². The normalized spacial score (nSPS) is 16.4. The molecule has 0 aliphatic rings. The fourth-order valence-electron chi connectivity index (χ4n) is 4.53. The van der Waals surface area contributed by atoms with Crippen LogP contribution in [0.5, 0.6) is 0 Å². The van der Waals surface area contributed by atoms with Gasteiger partial charge in [-0.2, -0.15) is 13.2 Å². The van der Waals surface area contributed by atoms with Crippen LogP contribution >= 0.6 is 0 Å². The summed E-state index contributed by atoms with van der Waals surface area (Å²) in [5, 5.41) is 29.5. The zero-order chi connectivity index (χ0) is 24.9. The molecule has 1 aromatic carbocycles. The van der Waals surface area contributed by atoms with Crippen LogP contribution in [0.25, 0.3) is 5.52 Å². The van der Waals surface area contributed by atoms with Gasteiger partial charge in [-0.15, -0.1) is 5.10 Å². The number of alkyl halides is 3. The predicted molar refractivity (Wildman–Crippen MR) is 117 cm³/mol. The van der Waals surface area contributed by atoms with Gasteiger partial charge in [0.05, 0.1) is 11.8 Å². The molecule has 2 atom stereocenters. The number of aliphatic hydroxyl groups is 2. The lowest BCUT2D eigenvalue weighted by Gasteiger charge is -2.44. The molecular weight excluding hydrogens is 452 g/mol. The van der Waals surface area contributed by atoms with Crippen molar-refractivity contribution < 1.29 is 27.8 Å². The molecule has 10 heteroatoms. The van der Waals surface area contributed by atoms with Crippen molar-refractivity contribution in [3.05, 3.63) is 89.8 Å². The molecule has 0 spiro atoms. The van der Waals surface area contributed by atoms with Crippen LogP contribution in [0, 0.1) is 5.82 Å². The van der Waals surface area contributed by atoms with E-state index >= 15 is 4.39 Å². The van der Waals surface area contributed by atoms with Crippen molar-refractivity contribution in [1.29, 1.82) is 0 Å². The quantitative estimate of drug-likeness (QED) is 0.405. The Morgan fingerprint density at radius 3 is 2.29 bits per heavy atom. The molecule has 2 N–H and O–H groups in total. The fourth-order valence-corrected chi connectivity index (χ4v) is 4.53. The molecule has 0 saturated carbocycles. The van der Waals surface area contributed by atoms with Crippen LogP contribution < -0.4 is 0 Å². The molecule has 180 valence electrons. The van der Waals surface area contributed by atoms with Crippen LogP contribution in [0.15, 0.2) is 67.1 Å². The number of aromatic nitrogens is 4. The van der Waals surface area contributed by atoms with Gasteiger partial charge >= 0.3 is 6.18 Å². The summed E-state index contributed by atoms with van der Waals surface area (Å²) in [7, 11) is 0. The van der Waals surface area contributed by atoms with Crippen molar-refractivity contribution in [2.75, 3.05) is 0 Å². The lowest BCUT2D eigenvalue weighted by atomic mass is 9.71. The van der Waals surface area contributed by atoms with Gasteiger partial charge in [-0.05, 0) is 56.2 Å². The number of fused-ring (bicyclic) bond motifs is 1. The van der Waals surface area contributed by atoms with E-state index in [0.717, 1.165) is 10.9 Å². The van der Waals surface area contributed by atoms with Gasteiger partial charge in [0.25, 0.3) is 0 Å². The van der Waals surface area contributed by atoms with Gasteiger partial charge < -0.3 is 14.6 Å². The van der Waals surface area contributed by atoms with Crippen LogP contribution in [-0.4, -0.2) is 41.4 Å². The molecular formula is C24H24F4N4O2. The standard InChI is InChI=1S/C24H24F4N4O2/c1-4-22(34,24(26,27)28)20-15-32(30-29-20)23(21(2,3)33,18-9-5-6-10-19(18)25)16-11-13-31-12-7-8-17(31)14-16/h5-15,33-34H,4H2,1-3H3. The lowest BCUT2D eigenvalue weighted by molar-refractivity contribution is -0.269. The highest BCUT2D eigenvalue weighted by atomic mass is 19.4. The summed E-state index contributed by atoms with van der Waals surface area (Å²) in [6.07, 6.45) is -1.32. The van der Waals surface area contributed by atoms with E-state index < -0.39 is 40.8 Å². The second kappa shape index (κ2) is 7.92. The Morgan fingerprint density at radius 1 is 0.971 bits per heavy atom. The van der Waals surface area contributed by atoms with Crippen molar-refractivity contribution in [3.63, 3.8) is 0 Å². The molecule has 2 unspecified atom stereocenters. The Kier molecular flexibility index (Phi) is 5.57. The topological polar surface area (TPSA) is 75.6 Å². The summed E-state index contributed by atoms with van der Waals surface area (Å²) in [6.45, 7) is 4.00. The average molecular weight is 476 g/mol. The van der Waals surface area contributed by atoms with Crippen molar-refractivity contribution >= 4 is 5.52 Å². The van der Waals surface area contributed by atoms with E-state index in [4.69, 9.17) is 0 Å². The summed E-state index contributed by atoms with van der Waals surface area (Å²) in [5.74, 6) is -0.696. The number of halogens is 4. The second-order valence-corrected chi connectivity index (χ2v) is 8.76. The van der Waals surface area contributed by atoms with Gasteiger partial charge in [-0.25, -0.2) is 9.07 Å². The molecule has 4 rings (SSSR count). The van der Waals surface area contributed by atoms with Gasteiger partial charge in [0.1, 0.15) is 17.1 Å². The second-order valence-electron chi connectivity index (χ2n) is 8.76. The molecule has 4 aromatic rings. The summed E-state index contributed by atoms with van der Waals surface area (Å²) < 4.78 is 59.3. The first-order chi connectivity index (χ1) is 15.9. The van der Waals surface area contributed by atoms with E-state index in [1.807, 2.05) is 0 Å². The van der Waals surface area contributed by atoms with Gasteiger partial charge in [0.15, 0.2) is 0 Å². The van der Waals surface area contributed by atoms with E-state index in [-0.39, 0.29) is 5.56 Å². The Morgan fingerprint density at radius 2 is 1.68 bits per heavy atom. The number of rotatable bonds is 6. The minimum atomic E-state index is -5.02. The van der Waals surface area contributed by atoms with Crippen molar-refractivity contribution in [2.45, 2.75) is 50.1 Å². The smallest absolute Gasteiger partial charge is 0.387 e. The molecule has 34 heavy (non-hydrogen) atoms. The van der Waals surface area contributed by atoms with Gasteiger partial charge in [-0.3, -0.25) is 0 Å². The van der Waals surface area contributed by atoms with Crippen LogP contribution in [0.4, 0.5) is 17.6 Å². The number of pyridine rings is 1. The fraction of sp³-hybridized carbons (Fsp3) is 0.333. The average Bonchev–Trinajstić information content (AvgIpc) is 3.43.